The number of pyridine rings is 1. The first kappa shape index (κ1) is 11.1. The van der Waals surface area contributed by atoms with Gasteiger partial charge in [0.15, 0.2) is 0 Å². The third kappa shape index (κ3) is 2.22. The third-order valence-corrected chi connectivity index (χ3v) is 2.11. The molecule has 0 saturated heterocycles. The van der Waals surface area contributed by atoms with E-state index in [1.54, 1.807) is 20.0 Å². The predicted octanol–water partition coefficient (Wildman–Crippen LogP) is 1.82. The van der Waals surface area contributed by atoms with E-state index in [9.17, 15) is 10.1 Å². The van der Waals surface area contributed by atoms with Gasteiger partial charge in [0, 0.05) is 25.4 Å². The molecular formula is C10H10N4O3. The first-order valence-electron chi connectivity index (χ1n) is 4.86. The monoisotopic (exact) mass is 234 g/mol. The van der Waals surface area contributed by atoms with E-state index >= 15 is 0 Å². The second-order valence-electron chi connectivity index (χ2n) is 3.43. The highest BCUT2D eigenvalue weighted by Gasteiger charge is 2.17. The maximum atomic E-state index is 10.8. The topological polar surface area (TPSA) is 83.1 Å². The van der Waals surface area contributed by atoms with E-state index in [1.165, 1.54) is 23.0 Å². The fourth-order valence-electron chi connectivity index (χ4n) is 1.38. The van der Waals surface area contributed by atoms with Crippen molar-refractivity contribution < 1.29 is 9.66 Å². The highest BCUT2D eigenvalue weighted by atomic mass is 16.6. The number of aromatic nitrogens is 3. The molecule has 2 heterocycles. The van der Waals surface area contributed by atoms with Crippen molar-refractivity contribution in [2.24, 2.45) is 7.05 Å². The number of aryl methyl sites for hydroxylation is 2. The average molecular weight is 234 g/mol. The van der Waals surface area contributed by atoms with Crippen molar-refractivity contribution in [1.82, 2.24) is 14.8 Å². The van der Waals surface area contributed by atoms with E-state index in [1.807, 2.05) is 0 Å². The number of hydrogen-bond acceptors (Lipinski definition) is 5. The number of ether oxygens (including phenoxy) is 1. The van der Waals surface area contributed by atoms with Crippen LogP contribution < -0.4 is 4.74 Å². The molecule has 7 nitrogen and oxygen atoms in total. The Hall–Kier alpha value is -2.44. The Morgan fingerprint density at radius 1 is 1.53 bits per heavy atom. The smallest absolute Gasteiger partial charge is 0.331 e. The van der Waals surface area contributed by atoms with Gasteiger partial charge in [-0.3, -0.25) is 10.1 Å². The molecule has 2 aromatic rings. The third-order valence-electron chi connectivity index (χ3n) is 2.11. The van der Waals surface area contributed by atoms with Crippen LogP contribution in [0.5, 0.6) is 11.8 Å². The van der Waals surface area contributed by atoms with E-state index < -0.39 is 4.92 Å². The Balaban J connectivity index is 2.36. The number of rotatable bonds is 3. The summed E-state index contributed by atoms with van der Waals surface area (Å²) in [6, 6.07) is 4.50. The second-order valence-corrected chi connectivity index (χ2v) is 3.43. The summed E-state index contributed by atoms with van der Waals surface area (Å²) in [5.74, 6) is 0.366. The van der Waals surface area contributed by atoms with Crippen molar-refractivity contribution in [1.29, 1.82) is 0 Å². The van der Waals surface area contributed by atoms with Gasteiger partial charge in [-0.2, -0.15) is 5.10 Å². The molecule has 7 heteroatoms. The van der Waals surface area contributed by atoms with Crippen LogP contribution in [0.25, 0.3) is 0 Å². The van der Waals surface area contributed by atoms with Gasteiger partial charge in [-0.15, -0.1) is 0 Å². The first-order valence-corrected chi connectivity index (χ1v) is 4.86. The largest absolute Gasteiger partial charge is 0.415 e. The molecule has 2 aromatic heterocycles. The van der Waals surface area contributed by atoms with Gasteiger partial charge in [0.2, 0.25) is 5.88 Å². The van der Waals surface area contributed by atoms with E-state index in [2.05, 4.69) is 10.1 Å². The lowest BCUT2D eigenvalue weighted by Gasteiger charge is -2.03. The molecule has 0 spiro atoms. The molecular weight excluding hydrogens is 224 g/mol. The minimum absolute atomic E-state index is 0.0412. The summed E-state index contributed by atoms with van der Waals surface area (Å²) in [6.45, 7) is 1.81. The molecule has 0 aromatic carbocycles. The van der Waals surface area contributed by atoms with Crippen molar-refractivity contribution in [2.75, 3.05) is 0 Å². The summed E-state index contributed by atoms with van der Waals surface area (Å²) < 4.78 is 6.86. The SMILES string of the molecule is Cc1cc(Oc2ncccc2[N+](=O)[O-])n(C)n1. The zero-order valence-electron chi connectivity index (χ0n) is 9.32. The number of nitro groups is 1. The van der Waals surface area contributed by atoms with Crippen LogP contribution in [-0.2, 0) is 7.05 Å². The molecule has 2 rings (SSSR count). The minimum Gasteiger partial charge on any atom is -0.415 e. The van der Waals surface area contributed by atoms with E-state index in [0.29, 0.717) is 5.88 Å². The van der Waals surface area contributed by atoms with Crippen molar-refractivity contribution in [3.63, 3.8) is 0 Å². The molecule has 0 unspecified atom stereocenters. The Bertz CT molecular complexity index is 564. The molecule has 0 aliphatic rings. The minimum atomic E-state index is -0.536. The average Bonchev–Trinajstić information content (AvgIpc) is 2.58. The standard InChI is InChI=1S/C10H10N4O3/c1-7-6-9(13(2)12-7)17-10-8(14(15)16)4-3-5-11-10/h3-6H,1-2H3. The van der Waals surface area contributed by atoms with Crippen LogP contribution >= 0.6 is 0 Å². The molecule has 0 aliphatic carbocycles. The van der Waals surface area contributed by atoms with Gasteiger partial charge in [0.1, 0.15) is 0 Å². The summed E-state index contributed by atoms with van der Waals surface area (Å²) in [7, 11) is 1.69. The van der Waals surface area contributed by atoms with Crippen molar-refractivity contribution in [3.05, 3.63) is 40.2 Å². The molecule has 0 radical (unpaired) electrons. The lowest BCUT2D eigenvalue weighted by atomic mass is 10.4. The Morgan fingerprint density at radius 3 is 2.88 bits per heavy atom. The van der Waals surface area contributed by atoms with Gasteiger partial charge in [-0.25, -0.2) is 9.67 Å². The van der Waals surface area contributed by atoms with Crippen LogP contribution in [0.15, 0.2) is 24.4 Å². The van der Waals surface area contributed by atoms with E-state index in [4.69, 9.17) is 4.74 Å². The Kier molecular flexibility index (Phi) is 2.73. The Labute approximate surface area is 96.8 Å². The van der Waals surface area contributed by atoms with Crippen molar-refractivity contribution in [2.45, 2.75) is 6.92 Å². The normalized spacial score (nSPS) is 10.2. The molecule has 0 N–H and O–H groups in total. The summed E-state index contributed by atoms with van der Waals surface area (Å²) in [6.07, 6.45) is 1.44. The molecule has 0 amide bonds. The van der Waals surface area contributed by atoms with Crippen LogP contribution in [0.4, 0.5) is 5.69 Å². The van der Waals surface area contributed by atoms with Crippen LogP contribution in [0.2, 0.25) is 0 Å². The van der Waals surface area contributed by atoms with Gasteiger partial charge in [0.05, 0.1) is 10.6 Å². The van der Waals surface area contributed by atoms with Crippen molar-refractivity contribution >= 4 is 5.69 Å². The van der Waals surface area contributed by atoms with E-state index in [-0.39, 0.29) is 11.6 Å². The molecule has 0 atom stereocenters. The predicted molar refractivity (Wildman–Crippen MR) is 58.9 cm³/mol. The quantitative estimate of drug-likeness (QED) is 0.597. The zero-order chi connectivity index (χ0) is 12.4. The van der Waals surface area contributed by atoms with Gasteiger partial charge in [-0.05, 0) is 13.0 Å². The van der Waals surface area contributed by atoms with Gasteiger partial charge in [0.25, 0.3) is 0 Å². The number of hydrogen-bond donors (Lipinski definition) is 0. The molecule has 17 heavy (non-hydrogen) atoms. The molecule has 0 aliphatic heterocycles. The molecule has 0 fully saturated rings. The fourth-order valence-corrected chi connectivity index (χ4v) is 1.38. The van der Waals surface area contributed by atoms with Crippen LogP contribution in [0.1, 0.15) is 5.69 Å². The first-order chi connectivity index (χ1) is 8.08. The highest BCUT2D eigenvalue weighted by molar-refractivity contribution is 5.41. The summed E-state index contributed by atoms with van der Waals surface area (Å²) in [5, 5.41) is 14.8. The maximum absolute atomic E-state index is 10.8. The fraction of sp³-hybridized carbons (Fsp3) is 0.200. The summed E-state index contributed by atoms with van der Waals surface area (Å²) in [4.78, 5) is 14.1. The molecule has 88 valence electrons. The second kappa shape index (κ2) is 4.20. The number of nitrogens with zero attached hydrogens (tertiary/aromatic N) is 4. The van der Waals surface area contributed by atoms with Gasteiger partial charge in [-0.1, -0.05) is 0 Å². The lowest BCUT2D eigenvalue weighted by molar-refractivity contribution is -0.386. The lowest BCUT2D eigenvalue weighted by Crippen LogP contribution is -1.99. The van der Waals surface area contributed by atoms with Crippen LogP contribution in [0, 0.1) is 17.0 Å². The molecule has 0 saturated carbocycles. The zero-order valence-corrected chi connectivity index (χ0v) is 9.32. The summed E-state index contributed by atoms with van der Waals surface area (Å²) in [5.41, 5.74) is 0.590. The van der Waals surface area contributed by atoms with Gasteiger partial charge >= 0.3 is 11.6 Å². The van der Waals surface area contributed by atoms with Gasteiger partial charge < -0.3 is 4.74 Å². The van der Waals surface area contributed by atoms with E-state index in [0.717, 1.165) is 5.69 Å². The summed E-state index contributed by atoms with van der Waals surface area (Å²) >= 11 is 0. The van der Waals surface area contributed by atoms with Crippen molar-refractivity contribution in [3.8, 4) is 11.8 Å². The highest BCUT2D eigenvalue weighted by Crippen LogP contribution is 2.28. The van der Waals surface area contributed by atoms with Crippen LogP contribution in [-0.4, -0.2) is 19.7 Å². The maximum Gasteiger partial charge on any atom is 0.331 e. The van der Waals surface area contributed by atoms with Crippen LogP contribution in [0.3, 0.4) is 0 Å². The Morgan fingerprint density at radius 2 is 2.29 bits per heavy atom. The molecule has 0 bridgehead atoms.